The molecule has 1 aliphatic rings. The van der Waals surface area contributed by atoms with Gasteiger partial charge < -0.3 is 9.88 Å². The molecule has 1 N–H and O–H groups in total. The van der Waals surface area contributed by atoms with E-state index < -0.39 is 0 Å². The van der Waals surface area contributed by atoms with Crippen LogP contribution in [-0.4, -0.2) is 21.3 Å². The van der Waals surface area contributed by atoms with Crippen LogP contribution in [0.25, 0.3) is 11.4 Å². The van der Waals surface area contributed by atoms with Crippen molar-refractivity contribution < 1.29 is 0 Å². The molecular formula is C11H10Cl2N4. The van der Waals surface area contributed by atoms with Gasteiger partial charge in [-0.25, -0.2) is 0 Å². The molecule has 0 amide bonds. The van der Waals surface area contributed by atoms with E-state index in [0.717, 1.165) is 36.8 Å². The second-order valence-electron chi connectivity index (χ2n) is 3.86. The van der Waals surface area contributed by atoms with Crippen molar-refractivity contribution in [2.24, 2.45) is 0 Å². The van der Waals surface area contributed by atoms with E-state index in [-0.39, 0.29) is 0 Å². The predicted molar refractivity (Wildman–Crippen MR) is 67.2 cm³/mol. The maximum Gasteiger partial charge on any atom is 0.167 e. The van der Waals surface area contributed by atoms with Gasteiger partial charge in [-0.2, -0.15) is 0 Å². The number of nitrogens with zero attached hydrogens (tertiary/aromatic N) is 3. The number of fused-ring (bicyclic) bond motifs is 1. The van der Waals surface area contributed by atoms with E-state index in [1.165, 1.54) is 0 Å². The molecule has 2 heterocycles. The van der Waals surface area contributed by atoms with E-state index in [1.807, 2.05) is 18.2 Å². The lowest BCUT2D eigenvalue weighted by Gasteiger charge is -2.16. The molecule has 0 saturated heterocycles. The summed E-state index contributed by atoms with van der Waals surface area (Å²) in [7, 11) is 0. The summed E-state index contributed by atoms with van der Waals surface area (Å²) in [5.41, 5.74) is 0.761. The fraction of sp³-hybridized carbons (Fsp3) is 0.273. The fourth-order valence-electron chi connectivity index (χ4n) is 1.99. The van der Waals surface area contributed by atoms with Crippen LogP contribution in [-0.2, 0) is 13.1 Å². The average molecular weight is 269 g/mol. The minimum atomic E-state index is 0.603. The largest absolute Gasteiger partial charge is 0.309 e. The van der Waals surface area contributed by atoms with Crippen molar-refractivity contribution in [3.63, 3.8) is 0 Å². The molecule has 3 rings (SSSR count). The SMILES string of the molecule is Clc1cccc(Cl)c1-c1nnc2n1CCNC2. The Morgan fingerprint density at radius 2 is 1.94 bits per heavy atom. The van der Waals surface area contributed by atoms with Crippen molar-refractivity contribution in [3.8, 4) is 11.4 Å². The highest BCUT2D eigenvalue weighted by atomic mass is 35.5. The van der Waals surface area contributed by atoms with E-state index in [1.54, 1.807) is 0 Å². The molecule has 0 radical (unpaired) electrons. The van der Waals surface area contributed by atoms with Crippen molar-refractivity contribution >= 4 is 23.2 Å². The monoisotopic (exact) mass is 268 g/mol. The Morgan fingerprint density at radius 1 is 1.18 bits per heavy atom. The summed E-state index contributed by atoms with van der Waals surface area (Å²) in [4.78, 5) is 0. The highest BCUT2D eigenvalue weighted by Gasteiger charge is 2.20. The number of rotatable bonds is 1. The Balaban J connectivity index is 2.19. The normalized spacial score (nSPS) is 14.7. The van der Waals surface area contributed by atoms with Crippen molar-refractivity contribution in [1.29, 1.82) is 0 Å². The van der Waals surface area contributed by atoms with Crippen LogP contribution in [0.15, 0.2) is 18.2 Å². The number of benzene rings is 1. The summed E-state index contributed by atoms with van der Waals surface area (Å²) in [6, 6.07) is 5.44. The first kappa shape index (κ1) is 11.0. The van der Waals surface area contributed by atoms with Crippen molar-refractivity contribution in [3.05, 3.63) is 34.1 Å². The number of hydrogen-bond acceptors (Lipinski definition) is 3. The average Bonchev–Trinajstić information content (AvgIpc) is 2.73. The summed E-state index contributed by atoms with van der Waals surface area (Å²) in [5, 5.41) is 12.8. The molecule has 2 aromatic rings. The molecule has 1 aliphatic heterocycles. The molecule has 0 spiro atoms. The highest BCUT2D eigenvalue weighted by molar-refractivity contribution is 6.38. The van der Waals surface area contributed by atoms with E-state index >= 15 is 0 Å². The van der Waals surface area contributed by atoms with Gasteiger partial charge in [-0.3, -0.25) is 0 Å². The van der Waals surface area contributed by atoms with Crippen LogP contribution >= 0.6 is 23.2 Å². The van der Waals surface area contributed by atoms with Gasteiger partial charge in [-0.1, -0.05) is 29.3 Å². The van der Waals surface area contributed by atoms with Gasteiger partial charge in [-0.15, -0.1) is 10.2 Å². The fourth-order valence-corrected chi connectivity index (χ4v) is 2.55. The Hall–Kier alpha value is -1.10. The summed E-state index contributed by atoms with van der Waals surface area (Å²) in [6.07, 6.45) is 0. The zero-order chi connectivity index (χ0) is 11.8. The molecule has 0 bridgehead atoms. The molecule has 0 aliphatic carbocycles. The topological polar surface area (TPSA) is 42.7 Å². The Bertz CT molecular complexity index is 544. The maximum absolute atomic E-state index is 6.18. The summed E-state index contributed by atoms with van der Waals surface area (Å²) < 4.78 is 2.06. The van der Waals surface area contributed by atoms with Gasteiger partial charge in [0.15, 0.2) is 5.82 Å². The molecule has 4 nitrogen and oxygen atoms in total. The maximum atomic E-state index is 6.18. The van der Waals surface area contributed by atoms with Crippen LogP contribution in [0.5, 0.6) is 0 Å². The lowest BCUT2D eigenvalue weighted by molar-refractivity contribution is 0.508. The van der Waals surface area contributed by atoms with Gasteiger partial charge in [0.25, 0.3) is 0 Å². The number of nitrogens with one attached hydrogen (secondary N) is 1. The van der Waals surface area contributed by atoms with Gasteiger partial charge in [0, 0.05) is 13.1 Å². The lowest BCUT2D eigenvalue weighted by Crippen LogP contribution is -2.28. The Kier molecular flexibility index (Phi) is 2.78. The van der Waals surface area contributed by atoms with Crippen molar-refractivity contribution in [1.82, 2.24) is 20.1 Å². The molecule has 0 fully saturated rings. The lowest BCUT2D eigenvalue weighted by atomic mass is 10.2. The molecular weight excluding hydrogens is 259 g/mol. The Labute approximate surface area is 109 Å². The minimum absolute atomic E-state index is 0.603. The van der Waals surface area contributed by atoms with Gasteiger partial charge >= 0.3 is 0 Å². The molecule has 6 heteroatoms. The zero-order valence-corrected chi connectivity index (χ0v) is 10.5. The standard InChI is InChI=1S/C11H10Cl2N4/c12-7-2-1-3-8(13)10(7)11-16-15-9-6-14-4-5-17(9)11/h1-3,14H,4-6H2. The van der Waals surface area contributed by atoms with E-state index in [4.69, 9.17) is 23.2 Å². The first-order chi connectivity index (χ1) is 8.27. The van der Waals surface area contributed by atoms with Crippen LogP contribution in [0.4, 0.5) is 0 Å². The molecule has 88 valence electrons. The second kappa shape index (κ2) is 4.29. The van der Waals surface area contributed by atoms with E-state index in [9.17, 15) is 0 Å². The summed E-state index contributed by atoms with van der Waals surface area (Å²) in [5.74, 6) is 1.67. The third-order valence-electron chi connectivity index (χ3n) is 2.81. The van der Waals surface area contributed by atoms with Gasteiger partial charge in [0.2, 0.25) is 0 Å². The van der Waals surface area contributed by atoms with E-state index in [2.05, 4.69) is 20.1 Å². The third-order valence-corrected chi connectivity index (χ3v) is 3.44. The molecule has 1 aromatic heterocycles. The van der Waals surface area contributed by atoms with Crippen LogP contribution < -0.4 is 5.32 Å². The smallest absolute Gasteiger partial charge is 0.167 e. The molecule has 1 aromatic carbocycles. The van der Waals surface area contributed by atoms with Crippen LogP contribution in [0, 0.1) is 0 Å². The molecule has 0 unspecified atom stereocenters. The first-order valence-corrected chi connectivity index (χ1v) is 6.10. The van der Waals surface area contributed by atoms with Crippen molar-refractivity contribution in [2.75, 3.05) is 6.54 Å². The molecule has 0 saturated carbocycles. The third kappa shape index (κ3) is 1.82. The van der Waals surface area contributed by atoms with E-state index in [0.29, 0.717) is 10.0 Å². The van der Waals surface area contributed by atoms with Gasteiger partial charge in [0.1, 0.15) is 5.82 Å². The minimum Gasteiger partial charge on any atom is -0.309 e. The summed E-state index contributed by atoms with van der Waals surface area (Å²) >= 11 is 12.4. The summed E-state index contributed by atoms with van der Waals surface area (Å²) in [6.45, 7) is 2.47. The predicted octanol–water partition coefficient (Wildman–Crippen LogP) is 2.36. The second-order valence-corrected chi connectivity index (χ2v) is 4.68. The van der Waals surface area contributed by atoms with Crippen LogP contribution in [0.3, 0.4) is 0 Å². The first-order valence-electron chi connectivity index (χ1n) is 5.34. The molecule has 17 heavy (non-hydrogen) atoms. The molecule has 0 atom stereocenters. The van der Waals surface area contributed by atoms with Crippen LogP contribution in [0.2, 0.25) is 10.0 Å². The number of hydrogen-bond donors (Lipinski definition) is 1. The quantitative estimate of drug-likeness (QED) is 0.864. The highest BCUT2D eigenvalue weighted by Crippen LogP contribution is 2.33. The number of aromatic nitrogens is 3. The Morgan fingerprint density at radius 3 is 2.71 bits per heavy atom. The van der Waals surface area contributed by atoms with Gasteiger partial charge in [0.05, 0.1) is 22.2 Å². The van der Waals surface area contributed by atoms with Crippen molar-refractivity contribution in [2.45, 2.75) is 13.1 Å². The van der Waals surface area contributed by atoms with Crippen LogP contribution in [0.1, 0.15) is 5.82 Å². The zero-order valence-electron chi connectivity index (χ0n) is 8.95. The van der Waals surface area contributed by atoms with Gasteiger partial charge in [-0.05, 0) is 12.1 Å². The number of halogens is 2.